The van der Waals surface area contributed by atoms with Gasteiger partial charge in [0.05, 0.1) is 6.07 Å². The summed E-state index contributed by atoms with van der Waals surface area (Å²) in [7, 11) is 0. The Labute approximate surface area is 169 Å². The van der Waals surface area contributed by atoms with Crippen LogP contribution in [0.1, 0.15) is 16.4 Å². The quantitative estimate of drug-likeness (QED) is 0.379. The van der Waals surface area contributed by atoms with Crippen molar-refractivity contribution in [2.75, 3.05) is 5.32 Å². The van der Waals surface area contributed by atoms with Gasteiger partial charge in [0.2, 0.25) is 5.88 Å². The molecule has 0 atom stereocenters. The number of furan rings is 1. The van der Waals surface area contributed by atoms with Crippen LogP contribution in [0, 0.1) is 17.0 Å². The molecule has 4 aromatic rings. The molecule has 3 heterocycles. The van der Waals surface area contributed by atoms with Crippen LogP contribution in [0.2, 0.25) is 0 Å². The van der Waals surface area contributed by atoms with Crippen LogP contribution in [0.5, 0.6) is 11.6 Å². The maximum absolute atomic E-state index is 12.1. The van der Waals surface area contributed by atoms with E-state index in [1.54, 1.807) is 60.5 Å². The van der Waals surface area contributed by atoms with Gasteiger partial charge in [-0.15, -0.1) is 0 Å². The van der Waals surface area contributed by atoms with Crippen LogP contribution in [0.3, 0.4) is 0 Å². The number of aromatic nitrogens is 4. The van der Waals surface area contributed by atoms with Crippen molar-refractivity contribution < 1.29 is 18.9 Å². The smallest absolute Gasteiger partial charge is 0.433 e. The Bertz CT molecular complexity index is 1200. The molecule has 1 N–H and O–H groups in total. The van der Waals surface area contributed by atoms with Gasteiger partial charge in [-0.05, 0) is 37.3 Å². The van der Waals surface area contributed by atoms with Crippen molar-refractivity contribution in [2.24, 2.45) is 0 Å². The van der Waals surface area contributed by atoms with Crippen LogP contribution in [0.4, 0.5) is 11.6 Å². The predicted molar refractivity (Wildman–Crippen MR) is 104 cm³/mol. The fourth-order valence-electron chi connectivity index (χ4n) is 2.57. The van der Waals surface area contributed by atoms with Crippen molar-refractivity contribution >= 4 is 17.5 Å². The fraction of sp³-hybridized carbons (Fsp3) is 0.0526. The average Bonchev–Trinajstić information content (AvgIpc) is 3.41. The lowest BCUT2D eigenvalue weighted by Gasteiger charge is -2.09. The molecule has 11 heteroatoms. The Morgan fingerprint density at radius 1 is 1.20 bits per heavy atom. The summed E-state index contributed by atoms with van der Waals surface area (Å²) in [5.74, 6) is 0.735. The van der Waals surface area contributed by atoms with Crippen LogP contribution in [0.25, 0.3) is 5.82 Å². The van der Waals surface area contributed by atoms with Crippen molar-refractivity contribution in [3.63, 3.8) is 0 Å². The Hall–Kier alpha value is -4.54. The number of rotatable bonds is 6. The SMILES string of the molecule is Cc1nc(Oc2ccc(NC(=O)c3ccc([N+](=O)[O-])o3)cc2)cc(-n2ccnc2)n1. The van der Waals surface area contributed by atoms with Crippen LogP contribution in [-0.4, -0.2) is 30.3 Å². The molecule has 3 aromatic heterocycles. The Balaban J connectivity index is 1.45. The van der Waals surface area contributed by atoms with Gasteiger partial charge < -0.3 is 14.5 Å². The third-order valence-electron chi connectivity index (χ3n) is 3.90. The van der Waals surface area contributed by atoms with E-state index < -0.39 is 16.7 Å². The van der Waals surface area contributed by atoms with E-state index in [0.29, 0.717) is 29.0 Å². The first-order chi connectivity index (χ1) is 14.5. The number of nitrogens with zero attached hydrogens (tertiary/aromatic N) is 5. The van der Waals surface area contributed by atoms with Crippen molar-refractivity contribution in [1.29, 1.82) is 0 Å². The van der Waals surface area contributed by atoms with E-state index >= 15 is 0 Å². The van der Waals surface area contributed by atoms with Crippen LogP contribution in [-0.2, 0) is 0 Å². The summed E-state index contributed by atoms with van der Waals surface area (Å²) in [6.45, 7) is 1.75. The van der Waals surface area contributed by atoms with Gasteiger partial charge in [0.1, 0.15) is 28.6 Å². The molecule has 0 saturated carbocycles. The number of nitro groups is 1. The Morgan fingerprint density at radius 3 is 2.67 bits per heavy atom. The number of aryl methyl sites for hydroxylation is 1. The summed E-state index contributed by atoms with van der Waals surface area (Å²) < 4.78 is 12.4. The molecule has 1 aromatic carbocycles. The third-order valence-corrected chi connectivity index (χ3v) is 3.90. The molecule has 1 amide bonds. The molecule has 0 saturated heterocycles. The predicted octanol–water partition coefficient (Wildman–Crippen LogP) is 3.52. The van der Waals surface area contributed by atoms with Gasteiger partial charge in [0, 0.05) is 24.1 Å². The van der Waals surface area contributed by atoms with Gasteiger partial charge in [-0.1, -0.05) is 0 Å². The highest BCUT2D eigenvalue weighted by Crippen LogP contribution is 2.24. The van der Waals surface area contributed by atoms with E-state index in [2.05, 4.69) is 20.3 Å². The highest BCUT2D eigenvalue weighted by molar-refractivity contribution is 6.02. The largest absolute Gasteiger partial charge is 0.439 e. The molecular formula is C19H14N6O5. The summed E-state index contributed by atoms with van der Waals surface area (Å²) in [6, 6.07) is 10.6. The number of anilines is 1. The van der Waals surface area contributed by atoms with Gasteiger partial charge in [-0.25, -0.2) is 9.97 Å². The van der Waals surface area contributed by atoms with E-state index in [-0.39, 0.29) is 5.76 Å². The number of carbonyl (C=O) groups excluding carboxylic acids is 1. The monoisotopic (exact) mass is 406 g/mol. The number of amides is 1. The number of ether oxygens (including phenoxy) is 1. The molecule has 0 aliphatic carbocycles. The number of imidazole rings is 1. The lowest BCUT2D eigenvalue weighted by atomic mass is 10.3. The molecule has 0 fully saturated rings. The Kier molecular flexibility index (Phi) is 4.91. The molecule has 150 valence electrons. The first kappa shape index (κ1) is 18.8. The van der Waals surface area contributed by atoms with Crippen LogP contribution < -0.4 is 10.1 Å². The lowest BCUT2D eigenvalue weighted by molar-refractivity contribution is -0.402. The van der Waals surface area contributed by atoms with E-state index in [4.69, 9.17) is 9.15 Å². The number of benzene rings is 1. The zero-order valence-electron chi connectivity index (χ0n) is 15.6. The zero-order valence-corrected chi connectivity index (χ0v) is 15.6. The van der Waals surface area contributed by atoms with Gasteiger partial charge >= 0.3 is 5.88 Å². The second kappa shape index (κ2) is 7.83. The lowest BCUT2D eigenvalue weighted by Crippen LogP contribution is -2.10. The number of hydrogen-bond acceptors (Lipinski definition) is 8. The summed E-state index contributed by atoms with van der Waals surface area (Å²) in [5.41, 5.74) is 0.462. The second-order valence-corrected chi connectivity index (χ2v) is 6.06. The van der Waals surface area contributed by atoms with Crippen LogP contribution in [0.15, 0.2) is 65.6 Å². The molecule has 0 aliphatic rings. The van der Waals surface area contributed by atoms with Crippen LogP contribution >= 0.6 is 0 Å². The molecule has 0 spiro atoms. The number of carbonyl (C=O) groups is 1. The molecule has 30 heavy (non-hydrogen) atoms. The molecule has 4 rings (SSSR count). The van der Waals surface area contributed by atoms with Gasteiger partial charge in [-0.2, -0.15) is 4.98 Å². The second-order valence-electron chi connectivity index (χ2n) is 6.06. The summed E-state index contributed by atoms with van der Waals surface area (Å²) in [4.78, 5) is 34.7. The maximum Gasteiger partial charge on any atom is 0.433 e. The minimum Gasteiger partial charge on any atom is -0.439 e. The van der Waals surface area contributed by atoms with Crippen molar-refractivity contribution in [2.45, 2.75) is 6.92 Å². The maximum atomic E-state index is 12.1. The minimum absolute atomic E-state index is 0.162. The Morgan fingerprint density at radius 2 is 2.00 bits per heavy atom. The average molecular weight is 406 g/mol. The molecule has 0 radical (unpaired) electrons. The summed E-state index contributed by atoms with van der Waals surface area (Å²) >= 11 is 0. The highest BCUT2D eigenvalue weighted by Gasteiger charge is 2.17. The molecular weight excluding hydrogens is 392 g/mol. The summed E-state index contributed by atoms with van der Waals surface area (Å²) in [6.07, 6.45) is 5.03. The van der Waals surface area contributed by atoms with Crippen molar-refractivity contribution in [1.82, 2.24) is 19.5 Å². The fourth-order valence-corrected chi connectivity index (χ4v) is 2.57. The topological polar surface area (TPSA) is 138 Å². The first-order valence-corrected chi connectivity index (χ1v) is 8.65. The van der Waals surface area contributed by atoms with E-state index in [1.165, 1.54) is 6.07 Å². The molecule has 0 aliphatic heterocycles. The van der Waals surface area contributed by atoms with E-state index in [9.17, 15) is 14.9 Å². The minimum atomic E-state index is -0.712. The van der Waals surface area contributed by atoms with Gasteiger partial charge in [0.15, 0.2) is 5.76 Å². The van der Waals surface area contributed by atoms with E-state index in [0.717, 1.165) is 6.07 Å². The first-order valence-electron chi connectivity index (χ1n) is 8.65. The van der Waals surface area contributed by atoms with E-state index in [1.807, 2.05) is 0 Å². The molecule has 11 nitrogen and oxygen atoms in total. The number of hydrogen-bond donors (Lipinski definition) is 1. The molecule has 0 bridgehead atoms. The van der Waals surface area contributed by atoms with Crippen molar-refractivity contribution in [3.05, 3.63) is 82.9 Å². The highest BCUT2D eigenvalue weighted by atomic mass is 16.6. The van der Waals surface area contributed by atoms with Crippen molar-refractivity contribution in [3.8, 4) is 17.4 Å². The molecule has 0 unspecified atom stereocenters. The normalized spacial score (nSPS) is 10.6. The van der Waals surface area contributed by atoms with Gasteiger partial charge in [0.25, 0.3) is 5.91 Å². The third kappa shape index (κ3) is 4.14. The standard InChI is InChI=1S/C19H14N6O5/c1-12-21-16(24-9-8-20-11-24)10-17(22-12)29-14-4-2-13(3-5-14)23-19(26)15-6-7-18(30-15)25(27)28/h2-11H,1H3,(H,23,26). The number of nitrogens with one attached hydrogen (secondary N) is 1. The van der Waals surface area contributed by atoms with Gasteiger partial charge in [-0.3, -0.25) is 19.5 Å². The zero-order chi connectivity index (χ0) is 21.1. The summed E-state index contributed by atoms with van der Waals surface area (Å²) in [5, 5.41) is 13.2.